The molecule has 2 rings (SSSR count). The summed E-state index contributed by atoms with van der Waals surface area (Å²) < 4.78 is 27.9. The summed E-state index contributed by atoms with van der Waals surface area (Å²) in [7, 11) is -1.94. The predicted octanol–water partition coefficient (Wildman–Crippen LogP) is 1.11. The van der Waals surface area contributed by atoms with Crippen molar-refractivity contribution in [3.63, 3.8) is 0 Å². The number of hydrogen-bond donors (Lipinski definition) is 2. The summed E-state index contributed by atoms with van der Waals surface area (Å²) in [6.45, 7) is 1.82. The number of anilines is 2. The van der Waals surface area contributed by atoms with Gasteiger partial charge >= 0.3 is 0 Å². The molecule has 0 aliphatic heterocycles. The number of aryl methyl sites for hydroxylation is 2. The average Bonchev–Trinajstić information content (AvgIpc) is 2.71. The highest BCUT2D eigenvalue weighted by molar-refractivity contribution is 7.92. The molecule has 1 aromatic carbocycles. The second-order valence-corrected chi connectivity index (χ2v) is 5.71. The van der Waals surface area contributed by atoms with Crippen LogP contribution in [0.3, 0.4) is 0 Å². The summed E-state index contributed by atoms with van der Waals surface area (Å²) in [5.74, 6) is 0. The molecule has 1 aromatic heterocycles. The highest BCUT2D eigenvalue weighted by Gasteiger charge is 2.16. The number of nitrogen functional groups attached to an aromatic ring is 1. The van der Waals surface area contributed by atoms with Crippen molar-refractivity contribution in [3.05, 3.63) is 36.2 Å². The van der Waals surface area contributed by atoms with E-state index < -0.39 is 10.0 Å². The minimum Gasteiger partial charge on any atom is -0.399 e. The Labute approximate surface area is 105 Å². The number of rotatable bonds is 3. The molecule has 0 bridgehead atoms. The molecule has 0 unspecified atom stereocenters. The zero-order valence-electron chi connectivity index (χ0n) is 10.1. The average molecular weight is 266 g/mol. The third-order valence-corrected chi connectivity index (χ3v) is 3.85. The second kappa shape index (κ2) is 4.34. The molecule has 0 atom stereocenters. The monoisotopic (exact) mass is 266 g/mol. The smallest absolute Gasteiger partial charge is 0.265 e. The van der Waals surface area contributed by atoms with Crippen LogP contribution < -0.4 is 10.5 Å². The SMILES string of the molecule is Cc1cc(NS(=O)(=O)c2cnn(C)c2)ccc1N. The Morgan fingerprint density at radius 3 is 2.67 bits per heavy atom. The van der Waals surface area contributed by atoms with Crippen LogP contribution in [0, 0.1) is 6.92 Å². The summed E-state index contributed by atoms with van der Waals surface area (Å²) in [5, 5.41) is 3.83. The first-order valence-corrected chi connectivity index (χ1v) is 6.74. The van der Waals surface area contributed by atoms with Crippen molar-refractivity contribution in [2.45, 2.75) is 11.8 Å². The van der Waals surface area contributed by atoms with Gasteiger partial charge in [0.25, 0.3) is 10.0 Å². The van der Waals surface area contributed by atoms with Crippen LogP contribution in [0.15, 0.2) is 35.5 Å². The number of sulfonamides is 1. The maximum absolute atomic E-state index is 12.0. The van der Waals surface area contributed by atoms with E-state index in [1.807, 2.05) is 6.92 Å². The van der Waals surface area contributed by atoms with E-state index in [-0.39, 0.29) is 4.90 Å². The summed E-state index contributed by atoms with van der Waals surface area (Å²) in [5.41, 5.74) is 7.60. The van der Waals surface area contributed by atoms with E-state index in [4.69, 9.17) is 5.73 Å². The minimum atomic E-state index is -3.60. The van der Waals surface area contributed by atoms with Crippen LogP contribution >= 0.6 is 0 Å². The van der Waals surface area contributed by atoms with Gasteiger partial charge in [-0.2, -0.15) is 5.10 Å². The number of nitrogens with zero attached hydrogens (tertiary/aromatic N) is 2. The molecule has 18 heavy (non-hydrogen) atoms. The van der Waals surface area contributed by atoms with E-state index in [2.05, 4.69) is 9.82 Å². The van der Waals surface area contributed by atoms with E-state index in [1.54, 1.807) is 25.2 Å². The van der Waals surface area contributed by atoms with Gasteiger partial charge in [0.2, 0.25) is 0 Å². The van der Waals surface area contributed by atoms with Gasteiger partial charge in [-0.15, -0.1) is 0 Å². The molecule has 0 saturated carbocycles. The molecular formula is C11H14N4O2S. The third kappa shape index (κ3) is 2.45. The Morgan fingerprint density at radius 1 is 1.39 bits per heavy atom. The van der Waals surface area contributed by atoms with E-state index in [9.17, 15) is 8.42 Å². The maximum atomic E-state index is 12.0. The van der Waals surface area contributed by atoms with Gasteiger partial charge in [-0.1, -0.05) is 0 Å². The molecule has 0 fully saturated rings. The Morgan fingerprint density at radius 2 is 2.11 bits per heavy atom. The van der Waals surface area contributed by atoms with Crippen LogP contribution in [0.2, 0.25) is 0 Å². The van der Waals surface area contributed by atoms with Gasteiger partial charge in [0.15, 0.2) is 0 Å². The summed E-state index contributed by atoms with van der Waals surface area (Å²) in [6.07, 6.45) is 2.74. The van der Waals surface area contributed by atoms with E-state index in [0.717, 1.165) is 5.56 Å². The van der Waals surface area contributed by atoms with Crippen LogP contribution in [0.1, 0.15) is 5.56 Å². The van der Waals surface area contributed by atoms with Gasteiger partial charge in [-0.3, -0.25) is 9.40 Å². The second-order valence-electron chi connectivity index (χ2n) is 4.03. The number of nitrogens with one attached hydrogen (secondary N) is 1. The van der Waals surface area contributed by atoms with Gasteiger partial charge in [0.1, 0.15) is 4.90 Å². The lowest BCUT2D eigenvalue weighted by molar-refractivity contribution is 0.601. The van der Waals surface area contributed by atoms with Crippen LogP contribution in [-0.4, -0.2) is 18.2 Å². The summed E-state index contributed by atoms with van der Waals surface area (Å²) in [4.78, 5) is 0.125. The zero-order chi connectivity index (χ0) is 13.3. The number of hydrogen-bond acceptors (Lipinski definition) is 4. The molecule has 3 N–H and O–H groups in total. The third-order valence-electron chi connectivity index (χ3n) is 2.51. The molecule has 1 heterocycles. The largest absolute Gasteiger partial charge is 0.399 e. The number of aromatic nitrogens is 2. The fourth-order valence-corrected chi connectivity index (χ4v) is 2.52. The van der Waals surface area contributed by atoms with Crippen LogP contribution in [0.25, 0.3) is 0 Å². The zero-order valence-corrected chi connectivity index (χ0v) is 10.9. The Hall–Kier alpha value is -2.02. The van der Waals surface area contributed by atoms with Crippen LogP contribution in [0.5, 0.6) is 0 Å². The molecule has 0 aliphatic carbocycles. The van der Waals surface area contributed by atoms with Crippen LogP contribution in [-0.2, 0) is 17.1 Å². The van der Waals surface area contributed by atoms with Gasteiger partial charge in [-0.05, 0) is 30.7 Å². The Kier molecular flexibility index (Phi) is 3.00. The molecule has 0 aliphatic rings. The van der Waals surface area contributed by atoms with E-state index in [1.165, 1.54) is 17.1 Å². The number of benzene rings is 1. The lowest BCUT2D eigenvalue weighted by Gasteiger charge is -2.08. The van der Waals surface area contributed by atoms with Crippen molar-refractivity contribution in [3.8, 4) is 0 Å². The molecule has 7 heteroatoms. The molecule has 0 radical (unpaired) electrons. The van der Waals surface area contributed by atoms with Crippen molar-refractivity contribution < 1.29 is 8.42 Å². The molecule has 0 saturated heterocycles. The van der Waals surface area contributed by atoms with Crippen molar-refractivity contribution >= 4 is 21.4 Å². The fraction of sp³-hybridized carbons (Fsp3) is 0.182. The molecule has 96 valence electrons. The van der Waals surface area contributed by atoms with Gasteiger partial charge < -0.3 is 5.73 Å². The van der Waals surface area contributed by atoms with Gasteiger partial charge in [0, 0.05) is 24.6 Å². The normalized spacial score (nSPS) is 11.4. The minimum absolute atomic E-state index is 0.125. The highest BCUT2D eigenvalue weighted by atomic mass is 32.2. The number of nitrogens with two attached hydrogens (primary N) is 1. The molecular weight excluding hydrogens is 252 g/mol. The first-order valence-electron chi connectivity index (χ1n) is 5.26. The first kappa shape index (κ1) is 12.4. The van der Waals surface area contributed by atoms with Gasteiger partial charge in [-0.25, -0.2) is 8.42 Å². The highest BCUT2D eigenvalue weighted by Crippen LogP contribution is 2.19. The lowest BCUT2D eigenvalue weighted by atomic mass is 10.2. The topological polar surface area (TPSA) is 90.0 Å². The first-order chi connectivity index (χ1) is 8.38. The predicted molar refractivity (Wildman–Crippen MR) is 69.6 cm³/mol. The molecule has 6 nitrogen and oxygen atoms in total. The molecule has 2 aromatic rings. The summed E-state index contributed by atoms with van der Waals surface area (Å²) in [6, 6.07) is 4.97. The molecule has 0 spiro atoms. The quantitative estimate of drug-likeness (QED) is 0.814. The van der Waals surface area contributed by atoms with Crippen LogP contribution in [0.4, 0.5) is 11.4 Å². The molecule has 0 amide bonds. The Bertz CT molecular complexity index is 676. The van der Waals surface area contributed by atoms with Crippen molar-refractivity contribution in [2.24, 2.45) is 7.05 Å². The van der Waals surface area contributed by atoms with Crippen molar-refractivity contribution in [1.82, 2.24) is 9.78 Å². The fourth-order valence-electron chi connectivity index (χ4n) is 1.49. The van der Waals surface area contributed by atoms with E-state index >= 15 is 0 Å². The van der Waals surface area contributed by atoms with Crippen molar-refractivity contribution in [1.29, 1.82) is 0 Å². The van der Waals surface area contributed by atoms with Gasteiger partial charge in [0.05, 0.1) is 6.20 Å². The summed E-state index contributed by atoms with van der Waals surface area (Å²) >= 11 is 0. The standard InChI is InChI=1S/C11H14N4O2S/c1-8-5-9(3-4-11(8)12)14-18(16,17)10-6-13-15(2)7-10/h3-7,14H,12H2,1-2H3. The van der Waals surface area contributed by atoms with Crippen molar-refractivity contribution in [2.75, 3.05) is 10.5 Å². The maximum Gasteiger partial charge on any atom is 0.265 e. The Balaban J connectivity index is 2.30. The lowest BCUT2D eigenvalue weighted by Crippen LogP contribution is -2.12. The van der Waals surface area contributed by atoms with E-state index in [0.29, 0.717) is 11.4 Å².